The molecule has 0 atom stereocenters. The Labute approximate surface area is 206 Å². The van der Waals surface area contributed by atoms with Gasteiger partial charge in [0.1, 0.15) is 6.54 Å². The maximum atomic E-state index is 13.4. The highest BCUT2D eigenvalue weighted by Gasteiger charge is 2.26. The Bertz CT molecular complexity index is 1160. The lowest BCUT2D eigenvalue weighted by atomic mass is 9.99. The van der Waals surface area contributed by atoms with E-state index in [1.165, 1.54) is 16.0 Å². The molecule has 182 valence electrons. The van der Waals surface area contributed by atoms with Gasteiger partial charge in [0.2, 0.25) is 11.8 Å². The molecule has 0 aliphatic carbocycles. The molecule has 2 amide bonds. The van der Waals surface area contributed by atoms with E-state index in [0.717, 1.165) is 11.1 Å². The van der Waals surface area contributed by atoms with Crippen LogP contribution in [0.15, 0.2) is 60.9 Å². The molecule has 35 heavy (non-hydrogen) atoms. The number of aryl methyl sites for hydroxylation is 2. The van der Waals surface area contributed by atoms with Crippen LogP contribution in [-0.4, -0.2) is 64.4 Å². The van der Waals surface area contributed by atoms with E-state index in [1.54, 1.807) is 22.3 Å². The van der Waals surface area contributed by atoms with Crippen LogP contribution in [0.3, 0.4) is 0 Å². The lowest BCUT2D eigenvalue weighted by Crippen LogP contribution is -2.53. The number of benzene rings is 2. The molecule has 1 saturated heterocycles. The molecular formula is C27H32N6O2. The third kappa shape index (κ3) is 6.09. The Morgan fingerprint density at radius 2 is 1.69 bits per heavy atom. The molecule has 2 N–H and O–H groups in total. The van der Waals surface area contributed by atoms with Crippen LogP contribution in [0, 0.1) is 13.8 Å². The van der Waals surface area contributed by atoms with Gasteiger partial charge in [-0.05, 0) is 37.0 Å². The first kappa shape index (κ1) is 24.5. The molecule has 3 aromatic rings. The van der Waals surface area contributed by atoms with Crippen LogP contribution in [0.5, 0.6) is 0 Å². The first-order chi connectivity index (χ1) is 16.9. The SMILES string of the molecule is Cc1cccc(CCC(=O)N(CC(=O)N2CCN(N)CC2)c2cnc(-c3ccccc3)cn2)c1C. The van der Waals surface area contributed by atoms with Crippen LogP contribution in [0.2, 0.25) is 0 Å². The van der Waals surface area contributed by atoms with Gasteiger partial charge in [0.25, 0.3) is 0 Å². The van der Waals surface area contributed by atoms with E-state index in [2.05, 4.69) is 29.9 Å². The molecule has 4 rings (SSSR count). The molecular weight excluding hydrogens is 440 g/mol. The van der Waals surface area contributed by atoms with Crippen molar-refractivity contribution in [1.29, 1.82) is 0 Å². The predicted molar refractivity (Wildman–Crippen MR) is 136 cm³/mol. The molecule has 0 radical (unpaired) electrons. The maximum Gasteiger partial charge on any atom is 0.242 e. The zero-order valence-electron chi connectivity index (χ0n) is 20.4. The molecule has 1 aliphatic rings. The molecule has 0 saturated carbocycles. The van der Waals surface area contributed by atoms with Gasteiger partial charge in [0.05, 0.1) is 18.1 Å². The van der Waals surface area contributed by atoms with Crippen molar-refractivity contribution in [3.63, 3.8) is 0 Å². The molecule has 0 bridgehead atoms. The van der Waals surface area contributed by atoms with Crippen molar-refractivity contribution in [2.24, 2.45) is 5.84 Å². The summed E-state index contributed by atoms with van der Waals surface area (Å²) < 4.78 is 0. The molecule has 8 nitrogen and oxygen atoms in total. The molecule has 1 fully saturated rings. The van der Waals surface area contributed by atoms with Crippen molar-refractivity contribution < 1.29 is 9.59 Å². The summed E-state index contributed by atoms with van der Waals surface area (Å²) in [5.74, 6) is 5.93. The second kappa shape index (κ2) is 11.2. The monoisotopic (exact) mass is 472 g/mol. The summed E-state index contributed by atoms with van der Waals surface area (Å²) in [6, 6.07) is 15.9. The van der Waals surface area contributed by atoms with E-state index in [4.69, 9.17) is 5.84 Å². The first-order valence-corrected chi connectivity index (χ1v) is 11.9. The Hall–Kier alpha value is -3.62. The molecule has 1 aromatic heterocycles. The van der Waals surface area contributed by atoms with Crippen molar-refractivity contribution in [2.45, 2.75) is 26.7 Å². The Kier molecular flexibility index (Phi) is 7.84. The molecule has 2 heterocycles. The number of aromatic nitrogens is 2. The second-order valence-electron chi connectivity index (χ2n) is 8.88. The highest BCUT2D eigenvalue weighted by Crippen LogP contribution is 2.20. The fourth-order valence-electron chi connectivity index (χ4n) is 4.18. The summed E-state index contributed by atoms with van der Waals surface area (Å²) >= 11 is 0. The van der Waals surface area contributed by atoms with Gasteiger partial charge in [-0.2, -0.15) is 0 Å². The summed E-state index contributed by atoms with van der Waals surface area (Å²) in [4.78, 5) is 38.7. The third-order valence-electron chi connectivity index (χ3n) is 6.57. The minimum Gasteiger partial charge on any atom is -0.338 e. The molecule has 8 heteroatoms. The summed E-state index contributed by atoms with van der Waals surface area (Å²) in [6.45, 7) is 6.36. The number of piperazine rings is 1. The number of hydrogen-bond acceptors (Lipinski definition) is 6. The lowest BCUT2D eigenvalue weighted by molar-refractivity contribution is -0.133. The number of nitrogens with two attached hydrogens (primary N) is 1. The van der Waals surface area contributed by atoms with Crippen LogP contribution in [-0.2, 0) is 16.0 Å². The van der Waals surface area contributed by atoms with Crippen molar-refractivity contribution in [2.75, 3.05) is 37.6 Å². The number of anilines is 1. The second-order valence-corrected chi connectivity index (χ2v) is 8.88. The zero-order chi connectivity index (χ0) is 24.8. The standard InChI is InChI=1S/C27H32N6O2/c1-20-7-6-10-22(21(20)2)11-12-26(34)33(19-27(35)31-13-15-32(28)16-14-31)25-18-29-24(17-30-25)23-8-4-3-5-9-23/h3-10,17-18H,11-16,19,28H2,1-2H3. The molecule has 1 aliphatic heterocycles. The normalized spacial score (nSPS) is 14.1. The Balaban J connectivity index is 1.53. The van der Waals surface area contributed by atoms with Gasteiger partial charge < -0.3 is 4.90 Å². The van der Waals surface area contributed by atoms with Gasteiger partial charge in [-0.25, -0.2) is 9.99 Å². The summed E-state index contributed by atoms with van der Waals surface area (Å²) in [7, 11) is 0. The maximum absolute atomic E-state index is 13.4. The zero-order valence-corrected chi connectivity index (χ0v) is 20.4. The molecule has 2 aromatic carbocycles. The van der Waals surface area contributed by atoms with Gasteiger partial charge in [-0.3, -0.25) is 25.3 Å². The predicted octanol–water partition coefficient (Wildman–Crippen LogP) is 2.74. The minimum atomic E-state index is -0.154. The Morgan fingerprint density at radius 3 is 2.37 bits per heavy atom. The van der Waals surface area contributed by atoms with E-state index in [1.807, 2.05) is 42.5 Å². The van der Waals surface area contributed by atoms with E-state index in [0.29, 0.717) is 44.1 Å². The van der Waals surface area contributed by atoms with E-state index in [-0.39, 0.29) is 24.8 Å². The van der Waals surface area contributed by atoms with Crippen molar-refractivity contribution >= 4 is 17.6 Å². The van der Waals surface area contributed by atoms with Crippen molar-refractivity contribution in [1.82, 2.24) is 19.9 Å². The van der Waals surface area contributed by atoms with Gasteiger partial charge in [0.15, 0.2) is 5.82 Å². The number of carbonyl (C=O) groups is 2. The number of amides is 2. The average molecular weight is 473 g/mol. The van der Waals surface area contributed by atoms with Crippen LogP contribution in [0.25, 0.3) is 11.3 Å². The van der Waals surface area contributed by atoms with Crippen LogP contribution in [0.4, 0.5) is 5.82 Å². The van der Waals surface area contributed by atoms with Gasteiger partial charge in [-0.1, -0.05) is 48.5 Å². The Morgan fingerprint density at radius 1 is 0.943 bits per heavy atom. The van der Waals surface area contributed by atoms with Gasteiger partial charge in [-0.15, -0.1) is 0 Å². The van der Waals surface area contributed by atoms with Crippen LogP contribution >= 0.6 is 0 Å². The van der Waals surface area contributed by atoms with Gasteiger partial charge >= 0.3 is 0 Å². The summed E-state index contributed by atoms with van der Waals surface area (Å²) in [6.07, 6.45) is 4.09. The topological polar surface area (TPSA) is 95.7 Å². The minimum absolute atomic E-state index is 0.0738. The summed E-state index contributed by atoms with van der Waals surface area (Å²) in [5, 5.41) is 1.70. The number of rotatable bonds is 7. The van der Waals surface area contributed by atoms with E-state index >= 15 is 0 Å². The molecule has 0 unspecified atom stereocenters. The quantitative estimate of drug-likeness (QED) is 0.531. The summed E-state index contributed by atoms with van der Waals surface area (Å²) in [5.41, 5.74) is 5.17. The fraction of sp³-hybridized carbons (Fsp3) is 0.333. The largest absolute Gasteiger partial charge is 0.338 e. The van der Waals surface area contributed by atoms with Crippen molar-refractivity contribution in [3.05, 3.63) is 77.6 Å². The first-order valence-electron chi connectivity index (χ1n) is 11.9. The number of hydrogen-bond donors (Lipinski definition) is 1. The highest BCUT2D eigenvalue weighted by molar-refractivity contribution is 5.98. The number of carbonyl (C=O) groups excluding carboxylic acids is 2. The fourth-order valence-corrected chi connectivity index (χ4v) is 4.18. The highest BCUT2D eigenvalue weighted by atomic mass is 16.2. The third-order valence-corrected chi connectivity index (χ3v) is 6.57. The van der Waals surface area contributed by atoms with Crippen LogP contribution in [0.1, 0.15) is 23.1 Å². The van der Waals surface area contributed by atoms with Gasteiger partial charge in [0, 0.05) is 38.2 Å². The van der Waals surface area contributed by atoms with Crippen LogP contribution < -0.4 is 10.7 Å². The smallest absolute Gasteiger partial charge is 0.242 e. The number of nitrogens with zero attached hydrogens (tertiary/aromatic N) is 5. The van der Waals surface area contributed by atoms with E-state index in [9.17, 15) is 9.59 Å². The number of hydrazine groups is 1. The van der Waals surface area contributed by atoms with Crippen molar-refractivity contribution in [3.8, 4) is 11.3 Å². The lowest BCUT2D eigenvalue weighted by Gasteiger charge is -2.33. The van der Waals surface area contributed by atoms with E-state index < -0.39 is 0 Å². The molecule has 0 spiro atoms. The average Bonchev–Trinajstić information content (AvgIpc) is 2.89.